The van der Waals surface area contributed by atoms with Crippen LogP contribution in [0.5, 0.6) is 0 Å². The van der Waals surface area contributed by atoms with Crippen LogP contribution in [0.4, 0.5) is 0 Å². The molecule has 0 aromatic carbocycles. The van der Waals surface area contributed by atoms with Crippen molar-refractivity contribution >= 4 is 12.1 Å². The summed E-state index contributed by atoms with van der Waals surface area (Å²) in [5.74, 6) is 0.536. The molecule has 1 N–H and O–H groups in total. The Morgan fingerprint density at radius 1 is 1.60 bits per heavy atom. The van der Waals surface area contributed by atoms with E-state index >= 15 is 0 Å². The number of aliphatic imine (C=N–C) groups is 2. The van der Waals surface area contributed by atoms with E-state index in [2.05, 4.69) is 29.1 Å². The average molecular weight is 139 g/mol. The molecule has 0 aromatic rings. The largest absolute Gasteiger partial charge is 0.371 e. The lowest BCUT2D eigenvalue weighted by atomic mass is 10.1. The van der Waals surface area contributed by atoms with Gasteiger partial charge in [0.2, 0.25) is 0 Å². The highest BCUT2D eigenvalue weighted by Gasteiger charge is 2.04. The molecule has 0 aliphatic carbocycles. The second-order valence-electron chi connectivity index (χ2n) is 2.64. The zero-order valence-corrected chi connectivity index (χ0v) is 6.46. The Morgan fingerprint density at radius 2 is 2.40 bits per heavy atom. The van der Waals surface area contributed by atoms with Gasteiger partial charge in [0.1, 0.15) is 6.67 Å². The van der Waals surface area contributed by atoms with Gasteiger partial charge in [-0.25, -0.2) is 0 Å². The molecule has 10 heavy (non-hydrogen) atoms. The Kier molecular flexibility index (Phi) is 2.42. The molecule has 3 nitrogen and oxygen atoms in total. The summed E-state index contributed by atoms with van der Waals surface area (Å²) < 4.78 is 0. The average Bonchev–Trinajstić information content (AvgIpc) is 2.12. The van der Waals surface area contributed by atoms with E-state index in [-0.39, 0.29) is 0 Å². The highest BCUT2D eigenvalue weighted by molar-refractivity contribution is 5.90. The summed E-state index contributed by atoms with van der Waals surface area (Å²) in [7, 11) is 0. The van der Waals surface area contributed by atoms with Crippen LogP contribution in [0.2, 0.25) is 0 Å². The van der Waals surface area contributed by atoms with Crippen LogP contribution in [0.1, 0.15) is 13.8 Å². The lowest BCUT2D eigenvalue weighted by molar-refractivity contribution is 0.846. The first kappa shape index (κ1) is 7.25. The maximum absolute atomic E-state index is 4.28. The molecule has 0 atom stereocenters. The van der Waals surface area contributed by atoms with Crippen molar-refractivity contribution in [2.75, 3.05) is 13.2 Å². The SMILES string of the molecule is CC(C)C1=NCN=CNC1. The van der Waals surface area contributed by atoms with Gasteiger partial charge in [-0.05, 0) is 5.92 Å². The standard InChI is InChI=1S/C7H13N3/c1-6(2)7-3-8-4-9-5-10-7/h4,6H,3,5H2,1-2H3,(H,8,9). The lowest BCUT2D eigenvalue weighted by Crippen LogP contribution is -2.23. The van der Waals surface area contributed by atoms with Gasteiger partial charge in [0.25, 0.3) is 0 Å². The fourth-order valence-corrected chi connectivity index (χ4v) is 0.830. The molecular weight excluding hydrogens is 126 g/mol. The minimum absolute atomic E-state index is 0.536. The summed E-state index contributed by atoms with van der Waals surface area (Å²) in [5.41, 5.74) is 1.21. The first-order valence-corrected chi connectivity index (χ1v) is 3.55. The molecule has 0 unspecified atom stereocenters. The van der Waals surface area contributed by atoms with Gasteiger partial charge in [0.05, 0.1) is 12.9 Å². The Hall–Kier alpha value is -0.860. The summed E-state index contributed by atoms with van der Waals surface area (Å²) in [4.78, 5) is 8.26. The summed E-state index contributed by atoms with van der Waals surface area (Å²) in [6.07, 6.45) is 1.72. The van der Waals surface area contributed by atoms with E-state index in [1.165, 1.54) is 5.71 Å². The van der Waals surface area contributed by atoms with Crippen molar-refractivity contribution < 1.29 is 0 Å². The maximum Gasteiger partial charge on any atom is 0.131 e. The molecular formula is C7H13N3. The highest BCUT2D eigenvalue weighted by Crippen LogP contribution is 1.97. The van der Waals surface area contributed by atoms with Crippen molar-refractivity contribution in [3.05, 3.63) is 0 Å². The summed E-state index contributed by atoms with van der Waals surface area (Å²) in [6.45, 7) is 5.72. The van der Waals surface area contributed by atoms with Gasteiger partial charge in [0, 0.05) is 5.71 Å². The Labute approximate surface area is 61.3 Å². The van der Waals surface area contributed by atoms with Crippen LogP contribution in [-0.4, -0.2) is 25.3 Å². The summed E-state index contributed by atoms with van der Waals surface area (Å²) in [5, 5.41) is 3.06. The third-order valence-corrected chi connectivity index (χ3v) is 1.49. The zero-order chi connectivity index (χ0) is 7.40. The molecule has 1 aliphatic heterocycles. The minimum atomic E-state index is 0.536. The third-order valence-electron chi connectivity index (χ3n) is 1.49. The number of rotatable bonds is 1. The summed E-state index contributed by atoms with van der Waals surface area (Å²) >= 11 is 0. The molecule has 0 fully saturated rings. The van der Waals surface area contributed by atoms with E-state index in [9.17, 15) is 0 Å². The van der Waals surface area contributed by atoms with Crippen molar-refractivity contribution in [2.45, 2.75) is 13.8 Å². The van der Waals surface area contributed by atoms with Gasteiger partial charge in [-0.15, -0.1) is 0 Å². The molecule has 0 saturated carbocycles. The third kappa shape index (κ3) is 1.83. The van der Waals surface area contributed by atoms with Crippen LogP contribution in [0.15, 0.2) is 9.98 Å². The molecule has 1 aliphatic rings. The molecule has 0 spiro atoms. The van der Waals surface area contributed by atoms with E-state index < -0.39 is 0 Å². The second-order valence-corrected chi connectivity index (χ2v) is 2.64. The molecule has 1 heterocycles. The predicted molar refractivity (Wildman–Crippen MR) is 43.6 cm³/mol. The van der Waals surface area contributed by atoms with Crippen LogP contribution in [0, 0.1) is 5.92 Å². The Balaban J connectivity index is 2.53. The number of nitrogens with one attached hydrogen (secondary N) is 1. The molecule has 0 saturated heterocycles. The molecule has 0 aromatic heterocycles. The fourth-order valence-electron chi connectivity index (χ4n) is 0.830. The van der Waals surface area contributed by atoms with E-state index in [1.54, 1.807) is 6.34 Å². The molecule has 0 radical (unpaired) electrons. The van der Waals surface area contributed by atoms with E-state index in [1.807, 2.05) is 0 Å². The van der Waals surface area contributed by atoms with Crippen molar-refractivity contribution in [3.63, 3.8) is 0 Å². The highest BCUT2D eigenvalue weighted by atomic mass is 15.0. The van der Waals surface area contributed by atoms with Crippen LogP contribution in [0.3, 0.4) is 0 Å². The smallest absolute Gasteiger partial charge is 0.131 e. The normalized spacial score (nSPS) is 18.1. The second kappa shape index (κ2) is 3.34. The van der Waals surface area contributed by atoms with Crippen molar-refractivity contribution in [1.82, 2.24) is 5.32 Å². The van der Waals surface area contributed by atoms with Crippen LogP contribution < -0.4 is 5.32 Å². The van der Waals surface area contributed by atoms with E-state index in [0.717, 1.165) is 6.54 Å². The maximum atomic E-state index is 4.28. The van der Waals surface area contributed by atoms with Gasteiger partial charge < -0.3 is 5.32 Å². The quantitative estimate of drug-likeness (QED) is 0.569. The van der Waals surface area contributed by atoms with Crippen LogP contribution in [0.25, 0.3) is 0 Å². The van der Waals surface area contributed by atoms with Gasteiger partial charge in [-0.2, -0.15) is 0 Å². The molecule has 0 bridgehead atoms. The molecule has 1 rings (SSSR count). The number of nitrogens with zero attached hydrogens (tertiary/aromatic N) is 2. The molecule has 56 valence electrons. The lowest BCUT2D eigenvalue weighted by Gasteiger charge is -2.06. The monoisotopic (exact) mass is 139 g/mol. The van der Waals surface area contributed by atoms with Gasteiger partial charge in [-0.3, -0.25) is 9.98 Å². The Morgan fingerprint density at radius 3 is 3.10 bits per heavy atom. The summed E-state index contributed by atoms with van der Waals surface area (Å²) in [6, 6.07) is 0. The van der Waals surface area contributed by atoms with Gasteiger partial charge >= 0.3 is 0 Å². The van der Waals surface area contributed by atoms with Crippen LogP contribution in [-0.2, 0) is 0 Å². The molecule has 0 amide bonds. The topological polar surface area (TPSA) is 36.8 Å². The van der Waals surface area contributed by atoms with E-state index in [4.69, 9.17) is 0 Å². The number of hydrogen-bond acceptors (Lipinski definition) is 3. The fraction of sp³-hybridized carbons (Fsp3) is 0.714. The predicted octanol–water partition coefficient (Wildman–Crippen LogP) is 0.672. The van der Waals surface area contributed by atoms with Crippen molar-refractivity contribution in [3.8, 4) is 0 Å². The first-order valence-electron chi connectivity index (χ1n) is 3.55. The number of hydrogen-bond donors (Lipinski definition) is 1. The van der Waals surface area contributed by atoms with Crippen molar-refractivity contribution in [2.24, 2.45) is 15.9 Å². The minimum Gasteiger partial charge on any atom is -0.371 e. The van der Waals surface area contributed by atoms with Crippen LogP contribution >= 0.6 is 0 Å². The van der Waals surface area contributed by atoms with Gasteiger partial charge in [0.15, 0.2) is 0 Å². The Bertz CT molecular complexity index is 158. The molecule has 3 heteroatoms. The van der Waals surface area contributed by atoms with Gasteiger partial charge in [-0.1, -0.05) is 13.8 Å². The first-order chi connectivity index (χ1) is 4.80. The van der Waals surface area contributed by atoms with E-state index in [0.29, 0.717) is 12.6 Å². The van der Waals surface area contributed by atoms with Crippen molar-refractivity contribution in [1.29, 1.82) is 0 Å². The zero-order valence-electron chi connectivity index (χ0n) is 6.46.